The summed E-state index contributed by atoms with van der Waals surface area (Å²) in [5.74, 6) is 0.594. The normalized spacial score (nSPS) is 20.9. The second-order valence-corrected chi connectivity index (χ2v) is 10.0. The van der Waals surface area contributed by atoms with E-state index in [9.17, 15) is 9.59 Å². The maximum atomic E-state index is 13.9. The average Bonchev–Trinajstić information content (AvgIpc) is 3.37. The van der Waals surface area contributed by atoms with Gasteiger partial charge in [0.25, 0.3) is 0 Å². The number of likely N-dealkylation sites (tertiary alicyclic amines) is 1. The Labute approximate surface area is 214 Å². The summed E-state index contributed by atoms with van der Waals surface area (Å²) < 4.78 is 5.43. The number of carbonyl (C=O) groups is 2. The molecule has 0 radical (unpaired) electrons. The highest BCUT2D eigenvalue weighted by Gasteiger charge is 2.39. The molecular weight excluding hydrogens is 464 g/mol. The van der Waals surface area contributed by atoms with Crippen LogP contribution in [0, 0.1) is 5.92 Å². The van der Waals surface area contributed by atoms with E-state index in [1.807, 2.05) is 11.0 Å². The number of nitrogens with zero attached hydrogens (tertiary/aromatic N) is 1. The Morgan fingerprint density at radius 1 is 1.23 bits per heavy atom. The van der Waals surface area contributed by atoms with E-state index >= 15 is 0 Å². The van der Waals surface area contributed by atoms with Crippen LogP contribution in [-0.4, -0.2) is 55.5 Å². The molecule has 1 aliphatic carbocycles. The smallest absolute Gasteiger partial charge is 0.245 e. The molecule has 192 valence electrons. The van der Waals surface area contributed by atoms with Crippen molar-refractivity contribution in [1.29, 1.82) is 0 Å². The van der Waals surface area contributed by atoms with E-state index in [-0.39, 0.29) is 29.8 Å². The van der Waals surface area contributed by atoms with Crippen LogP contribution in [0.1, 0.15) is 57.4 Å². The van der Waals surface area contributed by atoms with Gasteiger partial charge in [0.05, 0.1) is 19.2 Å². The van der Waals surface area contributed by atoms with E-state index in [1.165, 1.54) is 6.42 Å². The number of benzene rings is 1. The minimum atomic E-state index is -0.527. The number of rotatable bonds is 9. The van der Waals surface area contributed by atoms with Crippen LogP contribution in [0.5, 0.6) is 5.75 Å². The molecule has 3 rings (SSSR count). The lowest BCUT2D eigenvalue weighted by Crippen LogP contribution is -2.56. The zero-order valence-electron chi connectivity index (χ0n) is 21.1. The minimum absolute atomic E-state index is 0.0236. The molecule has 1 aliphatic heterocycles. The third-order valence-electron chi connectivity index (χ3n) is 7.29. The Morgan fingerprint density at radius 3 is 2.60 bits per heavy atom. The molecule has 0 bridgehead atoms. The molecule has 8 heteroatoms. The van der Waals surface area contributed by atoms with Crippen molar-refractivity contribution < 1.29 is 14.3 Å². The summed E-state index contributed by atoms with van der Waals surface area (Å²) in [5.41, 5.74) is 8.34. The number of halogens is 1. The average molecular weight is 503 g/mol. The van der Waals surface area contributed by atoms with E-state index in [4.69, 9.17) is 22.1 Å². The fourth-order valence-electron chi connectivity index (χ4n) is 5.13. The first-order valence-corrected chi connectivity index (χ1v) is 12.9. The van der Waals surface area contributed by atoms with Crippen molar-refractivity contribution in [1.82, 2.24) is 15.5 Å². The fourth-order valence-corrected chi connectivity index (χ4v) is 5.30. The highest BCUT2D eigenvalue weighted by molar-refractivity contribution is 6.30. The van der Waals surface area contributed by atoms with E-state index in [0.717, 1.165) is 44.1 Å². The number of amides is 2. The highest BCUT2D eigenvalue weighted by atomic mass is 35.5. The van der Waals surface area contributed by atoms with Gasteiger partial charge in [-0.15, -0.1) is 0 Å². The summed E-state index contributed by atoms with van der Waals surface area (Å²) in [4.78, 5) is 28.5. The number of ether oxygens (including phenoxy) is 1. The van der Waals surface area contributed by atoms with Gasteiger partial charge in [-0.05, 0) is 75.4 Å². The van der Waals surface area contributed by atoms with E-state index in [2.05, 4.69) is 17.2 Å². The summed E-state index contributed by atoms with van der Waals surface area (Å²) in [6.07, 6.45) is 8.74. The monoisotopic (exact) mass is 502 g/mol. The Kier molecular flexibility index (Phi) is 9.63. The largest absolute Gasteiger partial charge is 0.496 e. The van der Waals surface area contributed by atoms with E-state index < -0.39 is 6.04 Å². The van der Waals surface area contributed by atoms with Crippen molar-refractivity contribution >= 4 is 29.1 Å². The van der Waals surface area contributed by atoms with Gasteiger partial charge in [-0.3, -0.25) is 9.59 Å². The number of nitrogens with two attached hydrogens (primary N) is 1. The summed E-state index contributed by atoms with van der Waals surface area (Å²) in [7, 11) is 3.33. The van der Waals surface area contributed by atoms with E-state index in [0.29, 0.717) is 28.6 Å². The molecular formula is C27H39ClN4O3. The Hall–Kier alpha value is -2.51. The number of carbonyl (C=O) groups excluding carboxylic acids is 2. The number of hydrogen-bond acceptors (Lipinski definition) is 5. The molecule has 4 N–H and O–H groups in total. The molecule has 2 aliphatic rings. The molecule has 0 aromatic heterocycles. The molecule has 35 heavy (non-hydrogen) atoms. The molecule has 2 fully saturated rings. The zero-order chi connectivity index (χ0) is 25.5. The van der Waals surface area contributed by atoms with Gasteiger partial charge >= 0.3 is 0 Å². The van der Waals surface area contributed by atoms with Crippen LogP contribution in [0.15, 0.2) is 36.4 Å². The summed E-state index contributed by atoms with van der Waals surface area (Å²) in [6, 6.07) is 4.22. The standard InChI is InChI=1S/C27H39ClN4O3/c1-17(15-22(29)21-16-20(28)12-13-24(21)35-4)23-11-8-14-32(23)27(34)25(19-9-6-5-7-10-19)31-26(33)18(2)30-3/h12-13,15-16,18-19,23,25,30H,1,5-11,14,29H2,2-4H3,(H,31,33)/b22-15-. The SMILES string of the molecule is C=C(/C=C(\N)c1cc(Cl)ccc1OC)C1CCCN1C(=O)C(NC(=O)C(C)NC)C1CCCCC1. The topological polar surface area (TPSA) is 96.7 Å². The minimum Gasteiger partial charge on any atom is -0.496 e. The van der Waals surface area contributed by atoms with Gasteiger partial charge in [-0.25, -0.2) is 0 Å². The molecule has 1 aromatic carbocycles. The second kappa shape index (κ2) is 12.5. The van der Waals surface area contributed by atoms with Crippen molar-refractivity contribution in [2.45, 2.75) is 70.0 Å². The lowest BCUT2D eigenvalue weighted by molar-refractivity contribution is -0.139. The Morgan fingerprint density at radius 2 is 1.94 bits per heavy atom. The Balaban J connectivity index is 1.82. The maximum absolute atomic E-state index is 13.9. The predicted molar refractivity (Wildman–Crippen MR) is 141 cm³/mol. The number of likely N-dealkylation sites (N-methyl/N-ethyl adjacent to an activating group) is 1. The molecule has 1 heterocycles. The van der Waals surface area contributed by atoms with Crippen LogP contribution in [0.2, 0.25) is 5.02 Å². The van der Waals surface area contributed by atoms with Crippen LogP contribution < -0.4 is 21.1 Å². The van der Waals surface area contributed by atoms with Crippen molar-refractivity contribution in [3.63, 3.8) is 0 Å². The second-order valence-electron chi connectivity index (χ2n) is 9.60. The van der Waals surface area contributed by atoms with Gasteiger partial charge in [-0.2, -0.15) is 0 Å². The maximum Gasteiger partial charge on any atom is 0.245 e. The van der Waals surface area contributed by atoms with Crippen molar-refractivity contribution in [2.75, 3.05) is 20.7 Å². The molecule has 1 saturated heterocycles. The van der Waals surface area contributed by atoms with E-state index in [1.54, 1.807) is 39.3 Å². The molecule has 1 saturated carbocycles. The molecule has 7 nitrogen and oxygen atoms in total. The summed E-state index contributed by atoms with van der Waals surface area (Å²) in [6.45, 7) is 6.70. The first-order chi connectivity index (χ1) is 16.8. The highest BCUT2D eigenvalue weighted by Crippen LogP contribution is 2.32. The van der Waals surface area contributed by atoms with Gasteiger partial charge < -0.3 is 26.0 Å². The summed E-state index contributed by atoms with van der Waals surface area (Å²) in [5, 5.41) is 6.59. The lowest BCUT2D eigenvalue weighted by Gasteiger charge is -2.35. The van der Waals surface area contributed by atoms with Gasteiger partial charge in [0.1, 0.15) is 11.8 Å². The first kappa shape index (κ1) is 27.1. The summed E-state index contributed by atoms with van der Waals surface area (Å²) >= 11 is 6.18. The molecule has 1 aromatic rings. The van der Waals surface area contributed by atoms with Crippen LogP contribution in [0.3, 0.4) is 0 Å². The van der Waals surface area contributed by atoms with Gasteiger partial charge in [0.2, 0.25) is 11.8 Å². The van der Waals surface area contributed by atoms with Crippen molar-refractivity contribution in [3.05, 3.63) is 47.0 Å². The number of nitrogens with one attached hydrogen (secondary N) is 2. The lowest BCUT2D eigenvalue weighted by atomic mass is 9.83. The molecule has 3 atom stereocenters. The molecule has 0 spiro atoms. The fraction of sp³-hybridized carbons (Fsp3) is 0.556. The molecule has 2 amide bonds. The Bertz CT molecular complexity index is 958. The molecule has 3 unspecified atom stereocenters. The van der Waals surface area contributed by atoms with Crippen molar-refractivity contribution in [2.24, 2.45) is 11.7 Å². The van der Waals surface area contributed by atoms with Crippen LogP contribution in [0.4, 0.5) is 0 Å². The van der Waals surface area contributed by atoms with Crippen molar-refractivity contribution in [3.8, 4) is 5.75 Å². The van der Waals surface area contributed by atoms with Gasteiger partial charge in [0, 0.05) is 22.8 Å². The van der Waals surface area contributed by atoms with Gasteiger partial charge in [-0.1, -0.05) is 37.4 Å². The van der Waals surface area contributed by atoms with Crippen LogP contribution in [-0.2, 0) is 9.59 Å². The number of methoxy groups -OCH3 is 1. The zero-order valence-corrected chi connectivity index (χ0v) is 21.9. The van der Waals surface area contributed by atoms with Crippen LogP contribution >= 0.6 is 11.6 Å². The van der Waals surface area contributed by atoms with Crippen LogP contribution in [0.25, 0.3) is 5.70 Å². The third-order valence-corrected chi connectivity index (χ3v) is 7.52. The number of hydrogen-bond donors (Lipinski definition) is 3. The predicted octanol–water partition coefficient (Wildman–Crippen LogP) is 3.87. The first-order valence-electron chi connectivity index (χ1n) is 12.5. The quantitative estimate of drug-likeness (QED) is 0.445. The third kappa shape index (κ3) is 6.58. The van der Waals surface area contributed by atoms with Gasteiger partial charge in [0.15, 0.2) is 0 Å².